The summed E-state index contributed by atoms with van der Waals surface area (Å²) in [5, 5.41) is 9.25. The molecule has 1 aromatic rings. The first-order valence-electron chi connectivity index (χ1n) is 6.26. The van der Waals surface area contributed by atoms with Gasteiger partial charge in [0.15, 0.2) is 0 Å². The fourth-order valence-corrected chi connectivity index (χ4v) is 3.55. The van der Waals surface area contributed by atoms with Gasteiger partial charge in [0.1, 0.15) is 0 Å². The number of nitriles is 1. The lowest BCUT2D eigenvalue weighted by atomic mass is 9.52. The lowest BCUT2D eigenvalue weighted by Gasteiger charge is -2.50. The molecule has 0 unspecified atom stereocenters. The van der Waals surface area contributed by atoms with Crippen molar-refractivity contribution in [1.29, 1.82) is 5.26 Å². The van der Waals surface area contributed by atoms with Crippen molar-refractivity contribution in [2.24, 2.45) is 5.92 Å². The second-order valence-corrected chi connectivity index (χ2v) is 5.39. The summed E-state index contributed by atoms with van der Waals surface area (Å²) in [5.74, 6) is 0.272. The number of aryl methyl sites for hydroxylation is 2. The molecule has 3 rings (SSSR count). The highest BCUT2D eigenvalue weighted by Crippen LogP contribution is 2.54. The summed E-state index contributed by atoms with van der Waals surface area (Å²) in [6, 6.07) is 9.34. The van der Waals surface area contributed by atoms with Gasteiger partial charge >= 0.3 is 0 Å². The van der Waals surface area contributed by atoms with Gasteiger partial charge in [0, 0.05) is 5.41 Å². The van der Waals surface area contributed by atoms with E-state index in [-0.39, 0.29) is 11.3 Å². The third kappa shape index (κ3) is 1.16. The third-order valence-corrected chi connectivity index (χ3v) is 4.57. The van der Waals surface area contributed by atoms with Gasteiger partial charge in [0.25, 0.3) is 0 Å². The number of hydrogen-bond acceptors (Lipinski definition) is 1. The molecule has 0 bridgehead atoms. The zero-order valence-electron chi connectivity index (χ0n) is 9.79. The quantitative estimate of drug-likeness (QED) is 0.644. The largest absolute Gasteiger partial charge is 0.198 e. The minimum Gasteiger partial charge on any atom is -0.198 e. The van der Waals surface area contributed by atoms with Crippen LogP contribution >= 0.6 is 0 Å². The summed E-state index contributed by atoms with van der Waals surface area (Å²) in [6.07, 6.45) is 6.01. The van der Waals surface area contributed by atoms with Gasteiger partial charge in [0.05, 0.1) is 12.0 Å². The Morgan fingerprint density at radius 1 is 1.38 bits per heavy atom. The van der Waals surface area contributed by atoms with Crippen molar-refractivity contribution in [3.8, 4) is 6.07 Å². The Bertz CT molecular complexity index is 469. The van der Waals surface area contributed by atoms with Crippen LogP contribution in [0.4, 0.5) is 0 Å². The molecule has 0 N–H and O–H groups in total. The minimum absolute atomic E-state index is 0.231. The normalized spacial score (nSPS) is 31.6. The molecular formula is C15H17N. The smallest absolute Gasteiger partial charge is 0.0665 e. The minimum atomic E-state index is 0.231. The molecule has 82 valence electrons. The Morgan fingerprint density at radius 3 is 2.94 bits per heavy atom. The average Bonchev–Trinajstić information content (AvgIpc) is 2.27. The maximum Gasteiger partial charge on any atom is 0.0665 e. The first-order valence-corrected chi connectivity index (χ1v) is 6.26. The van der Waals surface area contributed by atoms with E-state index in [1.807, 2.05) is 0 Å². The fraction of sp³-hybridized carbons (Fsp3) is 0.533. The van der Waals surface area contributed by atoms with Gasteiger partial charge in [0.2, 0.25) is 0 Å². The number of hydrogen-bond donors (Lipinski definition) is 0. The topological polar surface area (TPSA) is 23.8 Å². The number of rotatable bonds is 0. The highest BCUT2D eigenvalue weighted by atomic mass is 14.5. The predicted molar refractivity (Wildman–Crippen MR) is 64.1 cm³/mol. The summed E-state index contributed by atoms with van der Waals surface area (Å²) < 4.78 is 0. The molecular weight excluding hydrogens is 194 g/mol. The van der Waals surface area contributed by atoms with Gasteiger partial charge in [-0.2, -0.15) is 5.26 Å². The van der Waals surface area contributed by atoms with E-state index >= 15 is 0 Å². The molecule has 1 spiro atoms. The molecule has 1 nitrogen and oxygen atoms in total. The van der Waals surface area contributed by atoms with Crippen molar-refractivity contribution < 1.29 is 0 Å². The molecule has 0 radical (unpaired) electrons. The summed E-state index contributed by atoms with van der Waals surface area (Å²) >= 11 is 0. The van der Waals surface area contributed by atoms with Crippen molar-refractivity contribution in [2.75, 3.05) is 0 Å². The molecule has 0 amide bonds. The standard InChI is InChI=1S/C15H17N/c1-11-4-5-12-3-2-7-15(14(12)9-11)8-6-13(15)10-16/h4-5,9,13H,2-3,6-8H2,1H3/t13-,15-/m1/s1. The molecule has 1 fully saturated rings. The van der Waals surface area contributed by atoms with E-state index in [0.29, 0.717) is 0 Å². The maximum absolute atomic E-state index is 9.25. The Kier molecular flexibility index (Phi) is 2.07. The molecule has 1 saturated carbocycles. The van der Waals surface area contributed by atoms with Gasteiger partial charge in [-0.15, -0.1) is 0 Å². The van der Waals surface area contributed by atoms with Crippen LogP contribution in [0.5, 0.6) is 0 Å². The Hall–Kier alpha value is -1.29. The summed E-state index contributed by atoms with van der Waals surface area (Å²) in [4.78, 5) is 0. The fourth-order valence-electron chi connectivity index (χ4n) is 3.55. The molecule has 0 heterocycles. The van der Waals surface area contributed by atoms with Gasteiger partial charge in [-0.1, -0.05) is 23.8 Å². The predicted octanol–water partition coefficient (Wildman–Crippen LogP) is 3.50. The van der Waals surface area contributed by atoms with Crippen LogP contribution in [0, 0.1) is 24.2 Å². The monoisotopic (exact) mass is 211 g/mol. The van der Waals surface area contributed by atoms with Crippen LogP contribution < -0.4 is 0 Å². The highest BCUT2D eigenvalue weighted by Gasteiger charge is 2.49. The van der Waals surface area contributed by atoms with Crippen molar-refractivity contribution in [2.45, 2.75) is 44.4 Å². The molecule has 0 aliphatic heterocycles. The van der Waals surface area contributed by atoms with E-state index in [2.05, 4.69) is 31.2 Å². The first kappa shape index (κ1) is 9.90. The lowest BCUT2D eigenvalue weighted by Crippen LogP contribution is -2.46. The second kappa shape index (κ2) is 3.35. The van der Waals surface area contributed by atoms with Crippen LogP contribution in [0.15, 0.2) is 18.2 Å². The van der Waals surface area contributed by atoms with Gasteiger partial charge in [-0.3, -0.25) is 0 Å². The number of benzene rings is 1. The van der Waals surface area contributed by atoms with Crippen molar-refractivity contribution in [3.63, 3.8) is 0 Å². The van der Waals surface area contributed by atoms with E-state index < -0.39 is 0 Å². The molecule has 1 heteroatoms. The second-order valence-electron chi connectivity index (χ2n) is 5.39. The Morgan fingerprint density at radius 2 is 2.25 bits per heavy atom. The lowest BCUT2D eigenvalue weighted by molar-refractivity contribution is 0.144. The molecule has 2 aliphatic carbocycles. The van der Waals surface area contributed by atoms with Crippen molar-refractivity contribution in [1.82, 2.24) is 0 Å². The van der Waals surface area contributed by atoms with Crippen LogP contribution in [-0.2, 0) is 11.8 Å². The Balaban J connectivity index is 2.13. The number of fused-ring (bicyclic) bond motifs is 2. The van der Waals surface area contributed by atoms with E-state index in [1.54, 1.807) is 0 Å². The van der Waals surface area contributed by atoms with Crippen LogP contribution in [0.3, 0.4) is 0 Å². The number of nitrogens with zero attached hydrogens (tertiary/aromatic N) is 1. The maximum atomic E-state index is 9.25. The van der Waals surface area contributed by atoms with E-state index in [0.717, 1.165) is 6.42 Å². The zero-order chi connectivity index (χ0) is 11.2. The van der Waals surface area contributed by atoms with Crippen molar-refractivity contribution >= 4 is 0 Å². The SMILES string of the molecule is Cc1ccc2c(c1)[C@]1(CCC2)CC[C@@H]1C#N. The van der Waals surface area contributed by atoms with Crippen LogP contribution in [0.25, 0.3) is 0 Å². The van der Waals surface area contributed by atoms with E-state index in [4.69, 9.17) is 0 Å². The van der Waals surface area contributed by atoms with Gasteiger partial charge in [-0.25, -0.2) is 0 Å². The van der Waals surface area contributed by atoms with Gasteiger partial charge in [-0.05, 0) is 50.2 Å². The molecule has 2 atom stereocenters. The molecule has 2 aliphatic rings. The van der Waals surface area contributed by atoms with Gasteiger partial charge < -0.3 is 0 Å². The van der Waals surface area contributed by atoms with Crippen LogP contribution in [-0.4, -0.2) is 0 Å². The average molecular weight is 211 g/mol. The molecule has 16 heavy (non-hydrogen) atoms. The van der Waals surface area contributed by atoms with E-state index in [9.17, 15) is 5.26 Å². The van der Waals surface area contributed by atoms with Crippen LogP contribution in [0.2, 0.25) is 0 Å². The zero-order valence-corrected chi connectivity index (χ0v) is 9.79. The summed E-state index contributed by atoms with van der Waals surface area (Å²) in [5.41, 5.74) is 4.56. The Labute approximate surface area is 97.1 Å². The third-order valence-electron chi connectivity index (χ3n) is 4.57. The first-order chi connectivity index (χ1) is 7.76. The summed E-state index contributed by atoms with van der Waals surface area (Å²) in [7, 11) is 0. The van der Waals surface area contributed by atoms with E-state index in [1.165, 1.54) is 42.4 Å². The highest BCUT2D eigenvalue weighted by molar-refractivity contribution is 5.43. The molecule has 1 aromatic carbocycles. The molecule has 0 saturated heterocycles. The summed E-state index contributed by atoms with van der Waals surface area (Å²) in [6.45, 7) is 2.16. The molecule has 0 aromatic heterocycles. The van der Waals surface area contributed by atoms with Crippen molar-refractivity contribution in [3.05, 3.63) is 34.9 Å². The van der Waals surface area contributed by atoms with Crippen LogP contribution in [0.1, 0.15) is 42.4 Å².